The third-order valence-electron chi connectivity index (χ3n) is 4.57. The van der Waals surface area contributed by atoms with Crippen molar-refractivity contribution in [3.63, 3.8) is 0 Å². The number of amides is 1. The van der Waals surface area contributed by atoms with Crippen LogP contribution < -0.4 is 0 Å². The van der Waals surface area contributed by atoms with E-state index in [-0.39, 0.29) is 18.6 Å². The zero-order chi connectivity index (χ0) is 16.8. The summed E-state index contributed by atoms with van der Waals surface area (Å²) in [6, 6.07) is 0.251. The molecule has 0 aromatic carbocycles. The lowest BCUT2D eigenvalue weighted by Crippen LogP contribution is -2.53. The summed E-state index contributed by atoms with van der Waals surface area (Å²) in [6.45, 7) is 6.95. The van der Waals surface area contributed by atoms with E-state index < -0.39 is 0 Å². The summed E-state index contributed by atoms with van der Waals surface area (Å²) in [5, 5.41) is 13.5. The van der Waals surface area contributed by atoms with Crippen LogP contribution in [0.4, 0.5) is 0 Å². The molecule has 0 radical (unpaired) electrons. The van der Waals surface area contributed by atoms with E-state index in [1.807, 2.05) is 20.3 Å². The standard InChI is InChI=1S/C16H29N5O2/c1-4-15(13-22)21-7-5-20(6-8-21)12-16(23)18(2)10-14-9-17-19(3)11-14/h9,11,15,22H,4-8,10,12-13H2,1-3H3. The van der Waals surface area contributed by atoms with Crippen LogP contribution in [0.15, 0.2) is 12.4 Å². The van der Waals surface area contributed by atoms with E-state index in [1.165, 1.54) is 0 Å². The quantitative estimate of drug-likeness (QED) is 0.751. The van der Waals surface area contributed by atoms with E-state index in [9.17, 15) is 9.90 Å². The zero-order valence-corrected chi connectivity index (χ0v) is 14.5. The van der Waals surface area contributed by atoms with Crippen molar-refractivity contribution in [2.75, 3.05) is 46.4 Å². The predicted octanol–water partition coefficient (Wildman–Crippen LogP) is -0.233. The molecule has 1 amide bonds. The summed E-state index contributed by atoms with van der Waals surface area (Å²) in [5.41, 5.74) is 1.04. The monoisotopic (exact) mass is 323 g/mol. The predicted molar refractivity (Wildman–Crippen MR) is 88.9 cm³/mol. The first-order valence-corrected chi connectivity index (χ1v) is 8.32. The van der Waals surface area contributed by atoms with E-state index >= 15 is 0 Å². The van der Waals surface area contributed by atoms with Crippen LogP contribution in [-0.2, 0) is 18.4 Å². The molecule has 1 N–H and O–H groups in total. The van der Waals surface area contributed by atoms with Gasteiger partial charge in [-0.3, -0.25) is 19.3 Å². The van der Waals surface area contributed by atoms with Crippen LogP contribution in [0, 0.1) is 0 Å². The molecule has 1 aromatic heterocycles. The number of rotatable bonds is 7. The van der Waals surface area contributed by atoms with Crippen molar-refractivity contribution < 1.29 is 9.90 Å². The van der Waals surface area contributed by atoms with Gasteiger partial charge in [-0.05, 0) is 6.42 Å². The molecule has 1 atom stereocenters. The van der Waals surface area contributed by atoms with Crippen LogP contribution >= 0.6 is 0 Å². The number of aryl methyl sites for hydroxylation is 1. The van der Waals surface area contributed by atoms with Gasteiger partial charge in [-0.2, -0.15) is 5.10 Å². The van der Waals surface area contributed by atoms with Gasteiger partial charge in [0.1, 0.15) is 0 Å². The minimum absolute atomic E-state index is 0.136. The second-order valence-corrected chi connectivity index (χ2v) is 6.33. The molecule has 130 valence electrons. The molecule has 23 heavy (non-hydrogen) atoms. The molecule has 7 nitrogen and oxygen atoms in total. The fourth-order valence-corrected chi connectivity index (χ4v) is 3.02. The Labute approximate surface area is 138 Å². The number of aromatic nitrogens is 2. The van der Waals surface area contributed by atoms with Crippen molar-refractivity contribution in [2.24, 2.45) is 7.05 Å². The summed E-state index contributed by atoms with van der Waals surface area (Å²) < 4.78 is 1.75. The Morgan fingerprint density at radius 3 is 2.61 bits per heavy atom. The Hall–Kier alpha value is -1.44. The molecule has 1 unspecified atom stereocenters. The Kier molecular flexibility index (Phi) is 6.56. The fourth-order valence-electron chi connectivity index (χ4n) is 3.02. The van der Waals surface area contributed by atoms with Gasteiger partial charge in [0.15, 0.2) is 0 Å². The second-order valence-electron chi connectivity index (χ2n) is 6.33. The highest BCUT2D eigenvalue weighted by Gasteiger charge is 2.24. The lowest BCUT2D eigenvalue weighted by atomic mass is 10.1. The summed E-state index contributed by atoms with van der Waals surface area (Å²) in [7, 11) is 3.71. The highest BCUT2D eigenvalue weighted by atomic mass is 16.3. The number of hydrogen-bond donors (Lipinski definition) is 1. The molecule has 1 aliphatic rings. The molecule has 0 bridgehead atoms. The molecule has 2 heterocycles. The number of nitrogens with zero attached hydrogens (tertiary/aromatic N) is 5. The molecule has 0 aliphatic carbocycles. The SMILES string of the molecule is CCC(CO)N1CCN(CC(=O)N(C)Cc2cnn(C)c2)CC1. The van der Waals surface area contributed by atoms with E-state index in [0.717, 1.165) is 38.2 Å². The Morgan fingerprint density at radius 2 is 2.09 bits per heavy atom. The minimum atomic E-state index is 0.136. The average molecular weight is 323 g/mol. The molecular formula is C16H29N5O2. The molecule has 1 aromatic rings. The van der Waals surface area contributed by atoms with Crippen molar-refractivity contribution in [2.45, 2.75) is 25.9 Å². The topological polar surface area (TPSA) is 64.8 Å². The van der Waals surface area contributed by atoms with Gasteiger partial charge in [0.05, 0.1) is 19.3 Å². The minimum Gasteiger partial charge on any atom is -0.395 e. The fraction of sp³-hybridized carbons (Fsp3) is 0.750. The Bertz CT molecular complexity index is 492. The number of piperazine rings is 1. The summed E-state index contributed by atoms with van der Waals surface area (Å²) in [4.78, 5) is 18.6. The van der Waals surface area contributed by atoms with E-state index in [1.54, 1.807) is 15.8 Å². The maximum absolute atomic E-state index is 12.4. The third kappa shape index (κ3) is 5.02. The van der Waals surface area contributed by atoms with Gasteiger partial charge >= 0.3 is 0 Å². The van der Waals surface area contributed by atoms with E-state index in [2.05, 4.69) is 21.8 Å². The van der Waals surface area contributed by atoms with Crippen LogP contribution in [0.2, 0.25) is 0 Å². The van der Waals surface area contributed by atoms with Crippen LogP contribution in [-0.4, -0.2) is 87.9 Å². The smallest absolute Gasteiger partial charge is 0.236 e. The van der Waals surface area contributed by atoms with Gasteiger partial charge in [0.2, 0.25) is 5.91 Å². The molecule has 1 fully saturated rings. The average Bonchev–Trinajstić information content (AvgIpc) is 2.95. The van der Waals surface area contributed by atoms with Crippen molar-refractivity contribution in [3.8, 4) is 0 Å². The van der Waals surface area contributed by atoms with Gasteiger partial charge < -0.3 is 10.0 Å². The molecule has 1 aliphatic heterocycles. The first-order chi connectivity index (χ1) is 11.0. The van der Waals surface area contributed by atoms with Crippen LogP contribution in [0.5, 0.6) is 0 Å². The number of carbonyl (C=O) groups is 1. The van der Waals surface area contributed by atoms with Gasteiger partial charge in [-0.25, -0.2) is 0 Å². The van der Waals surface area contributed by atoms with E-state index in [0.29, 0.717) is 13.1 Å². The van der Waals surface area contributed by atoms with Crippen molar-refractivity contribution in [3.05, 3.63) is 18.0 Å². The number of carbonyl (C=O) groups excluding carboxylic acids is 1. The van der Waals surface area contributed by atoms with Crippen molar-refractivity contribution in [1.29, 1.82) is 0 Å². The lowest BCUT2D eigenvalue weighted by molar-refractivity contribution is -0.132. The Balaban J connectivity index is 1.75. The highest BCUT2D eigenvalue weighted by molar-refractivity contribution is 5.78. The van der Waals surface area contributed by atoms with Gasteiger partial charge in [0, 0.05) is 64.6 Å². The van der Waals surface area contributed by atoms with Crippen LogP contribution in [0.1, 0.15) is 18.9 Å². The normalized spacial score (nSPS) is 18.1. The molecule has 0 spiro atoms. The van der Waals surface area contributed by atoms with Gasteiger partial charge in [-0.15, -0.1) is 0 Å². The lowest BCUT2D eigenvalue weighted by Gasteiger charge is -2.38. The third-order valence-corrected chi connectivity index (χ3v) is 4.57. The first-order valence-electron chi connectivity index (χ1n) is 8.32. The molecule has 2 rings (SSSR count). The second kappa shape index (κ2) is 8.42. The van der Waals surface area contributed by atoms with Crippen LogP contribution in [0.25, 0.3) is 0 Å². The van der Waals surface area contributed by atoms with Crippen molar-refractivity contribution >= 4 is 5.91 Å². The number of aliphatic hydroxyl groups is 1. The summed E-state index contributed by atoms with van der Waals surface area (Å²) in [6.07, 6.45) is 4.69. The first kappa shape index (κ1) is 17.9. The zero-order valence-electron chi connectivity index (χ0n) is 14.5. The molecular weight excluding hydrogens is 294 g/mol. The number of aliphatic hydroxyl groups excluding tert-OH is 1. The highest BCUT2D eigenvalue weighted by Crippen LogP contribution is 2.09. The number of hydrogen-bond acceptors (Lipinski definition) is 5. The number of likely N-dealkylation sites (N-methyl/N-ethyl adjacent to an activating group) is 1. The van der Waals surface area contributed by atoms with Crippen LogP contribution in [0.3, 0.4) is 0 Å². The maximum Gasteiger partial charge on any atom is 0.236 e. The largest absolute Gasteiger partial charge is 0.395 e. The van der Waals surface area contributed by atoms with E-state index in [4.69, 9.17) is 0 Å². The molecule has 1 saturated heterocycles. The van der Waals surface area contributed by atoms with Gasteiger partial charge in [0.25, 0.3) is 0 Å². The molecule has 0 saturated carbocycles. The maximum atomic E-state index is 12.4. The molecule has 7 heteroatoms. The summed E-state index contributed by atoms with van der Waals surface area (Å²) in [5.74, 6) is 0.136. The van der Waals surface area contributed by atoms with Crippen molar-refractivity contribution in [1.82, 2.24) is 24.5 Å². The van der Waals surface area contributed by atoms with Gasteiger partial charge in [-0.1, -0.05) is 6.92 Å². The summed E-state index contributed by atoms with van der Waals surface area (Å²) >= 11 is 0. The Morgan fingerprint density at radius 1 is 1.39 bits per heavy atom.